The monoisotopic (exact) mass is 310 g/mol. The lowest BCUT2D eigenvalue weighted by atomic mass is 9.70. The summed E-state index contributed by atoms with van der Waals surface area (Å²) < 4.78 is 31.2. The zero-order valence-corrected chi connectivity index (χ0v) is 11.6. The van der Waals surface area contributed by atoms with Gasteiger partial charge >= 0.3 is 0 Å². The molecule has 6 heteroatoms. The Morgan fingerprint density at radius 2 is 2.06 bits per heavy atom. The lowest BCUT2D eigenvalue weighted by molar-refractivity contribution is -0.127. The van der Waals surface area contributed by atoms with Crippen molar-refractivity contribution >= 4 is 31.8 Å². The second-order valence-corrected chi connectivity index (χ2v) is 7.83. The van der Waals surface area contributed by atoms with Gasteiger partial charge in [0.25, 0.3) is 10.1 Å². The Labute approximate surface area is 104 Å². The molecule has 0 heterocycles. The average molecular weight is 311 g/mol. The smallest absolute Gasteiger partial charge is 0.265 e. The molecule has 0 aliphatic heterocycles. The summed E-state index contributed by atoms with van der Waals surface area (Å²) in [4.78, 5) is 11.8. The molecule has 0 saturated heterocycles. The van der Waals surface area contributed by atoms with Crippen LogP contribution in [0.5, 0.6) is 0 Å². The number of alkyl halides is 1. The van der Waals surface area contributed by atoms with Crippen LogP contribution >= 0.6 is 15.9 Å². The molecule has 0 spiro atoms. The molecule has 2 saturated carbocycles. The topological polar surface area (TPSA) is 71.4 Å². The van der Waals surface area contributed by atoms with E-state index < -0.39 is 20.9 Å². The van der Waals surface area contributed by atoms with Crippen molar-refractivity contribution in [2.24, 2.45) is 16.7 Å². The fourth-order valence-corrected chi connectivity index (χ4v) is 6.11. The van der Waals surface area contributed by atoms with Gasteiger partial charge in [0.1, 0.15) is 0 Å². The number of hydrogen-bond acceptors (Lipinski definition) is 3. The molecule has 0 amide bonds. The summed E-state index contributed by atoms with van der Waals surface area (Å²) in [5.41, 5.74) is -1.27. The second-order valence-electron chi connectivity index (χ2n) is 5.39. The van der Waals surface area contributed by atoms with Crippen LogP contribution in [-0.4, -0.2) is 29.3 Å². The lowest BCUT2D eigenvalue weighted by Gasteiger charge is -2.35. The van der Waals surface area contributed by atoms with E-state index in [0.29, 0.717) is 6.42 Å². The number of ketones is 1. The Hall–Kier alpha value is 0.0600. The van der Waals surface area contributed by atoms with Gasteiger partial charge in [-0.05, 0) is 18.8 Å². The second kappa shape index (κ2) is 3.29. The number of halogens is 1. The molecule has 2 aliphatic carbocycles. The zero-order chi connectivity index (χ0) is 12.4. The summed E-state index contributed by atoms with van der Waals surface area (Å²) in [6.07, 6.45) is 1.55. The third kappa shape index (κ3) is 1.42. The van der Waals surface area contributed by atoms with Gasteiger partial charge < -0.3 is 0 Å². The first-order valence-corrected chi connectivity index (χ1v) is 7.78. The summed E-state index contributed by atoms with van der Waals surface area (Å²) >= 11 is 3.35. The van der Waals surface area contributed by atoms with E-state index in [1.807, 2.05) is 6.92 Å². The van der Waals surface area contributed by atoms with Gasteiger partial charge in [-0.3, -0.25) is 9.35 Å². The van der Waals surface area contributed by atoms with Crippen LogP contribution in [0.2, 0.25) is 0 Å². The first-order chi connectivity index (χ1) is 7.12. The summed E-state index contributed by atoms with van der Waals surface area (Å²) in [5.74, 6) is -0.239. The van der Waals surface area contributed by atoms with E-state index in [9.17, 15) is 13.2 Å². The van der Waals surface area contributed by atoms with E-state index in [4.69, 9.17) is 4.55 Å². The molecular weight excluding hydrogens is 296 g/mol. The minimum absolute atomic E-state index is 0.00641. The maximum atomic E-state index is 12.1. The number of rotatable bonds is 2. The third-order valence-corrected chi connectivity index (χ3v) is 6.68. The molecule has 16 heavy (non-hydrogen) atoms. The van der Waals surface area contributed by atoms with Crippen LogP contribution < -0.4 is 0 Å². The van der Waals surface area contributed by atoms with Crippen molar-refractivity contribution in [3.8, 4) is 0 Å². The van der Waals surface area contributed by atoms with Gasteiger partial charge in [0, 0.05) is 10.8 Å². The highest BCUT2D eigenvalue weighted by molar-refractivity contribution is 9.10. The highest BCUT2D eigenvalue weighted by atomic mass is 79.9. The summed E-state index contributed by atoms with van der Waals surface area (Å²) in [5, 5.41) is 0. The van der Waals surface area contributed by atoms with E-state index in [-0.39, 0.29) is 22.3 Å². The van der Waals surface area contributed by atoms with Crippen LogP contribution in [0.15, 0.2) is 0 Å². The zero-order valence-electron chi connectivity index (χ0n) is 9.23. The maximum Gasteiger partial charge on any atom is 0.265 e. The van der Waals surface area contributed by atoms with Crippen LogP contribution in [0.4, 0.5) is 0 Å². The molecule has 2 bridgehead atoms. The average Bonchev–Trinajstić information content (AvgIpc) is 2.40. The Bertz CT molecular complexity index is 446. The number of hydrogen-bond donors (Lipinski definition) is 1. The van der Waals surface area contributed by atoms with Crippen LogP contribution in [0.1, 0.15) is 26.7 Å². The predicted molar refractivity (Wildman–Crippen MR) is 63.1 cm³/mol. The standard InChI is InChI=1S/C10H15BrO4S/c1-9-4-3-6(7(11)8(9)12)10(9,2)5-16(13,14)15/h6-7H,3-5H2,1-2H3,(H,13,14,15)/t6-,7-,9-,10?/m1/s1. The van der Waals surface area contributed by atoms with Gasteiger partial charge in [-0.2, -0.15) is 8.42 Å². The number of carbonyl (C=O) groups excluding carboxylic acids is 1. The molecule has 2 aliphatic rings. The Morgan fingerprint density at radius 3 is 2.44 bits per heavy atom. The van der Waals surface area contributed by atoms with E-state index in [0.717, 1.165) is 6.42 Å². The highest BCUT2D eigenvalue weighted by Gasteiger charge is 2.68. The first-order valence-electron chi connectivity index (χ1n) is 5.25. The van der Waals surface area contributed by atoms with Crippen molar-refractivity contribution in [1.29, 1.82) is 0 Å². The fourth-order valence-electron chi connectivity index (χ4n) is 3.46. The number of fused-ring (bicyclic) bond motifs is 2. The first kappa shape index (κ1) is 12.5. The molecule has 0 aromatic heterocycles. The van der Waals surface area contributed by atoms with Crippen molar-refractivity contribution in [1.82, 2.24) is 0 Å². The van der Waals surface area contributed by atoms with Crippen LogP contribution in [-0.2, 0) is 14.9 Å². The van der Waals surface area contributed by atoms with E-state index in [2.05, 4.69) is 15.9 Å². The van der Waals surface area contributed by atoms with E-state index in [1.54, 1.807) is 6.92 Å². The molecular formula is C10H15BrO4S. The minimum atomic E-state index is -4.05. The van der Waals surface area contributed by atoms with Crippen LogP contribution in [0.25, 0.3) is 0 Å². The molecule has 4 atom stereocenters. The maximum absolute atomic E-state index is 12.1. The highest BCUT2D eigenvalue weighted by Crippen LogP contribution is 2.65. The largest absolute Gasteiger partial charge is 0.298 e. The minimum Gasteiger partial charge on any atom is -0.298 e. The summed E-state index contributed by atoms with van der Waals surface area (Å²) in [6, 6.07) is 0. The molecule has 2 fully saturated rings. The Balaban J connectivity index is 2.47. The van der Waals surface area contributed by atoms with Crippen LogP contribution in [0, 0.1) is 16.7 Å². The molecule has 4 nitrogen and oxygen atoms in total. The van der Waals surface area contributed by atoms with Gasteiger partial charge in [-0.1, -0.05) is 29.8 Å². The van der Waals surface area contributed by atoms with Crippen molar-refractivity contribution in [2.75, 3.05) is 5.75 Å². The van der Waals surface area contributed by atoms with Crippen LogP contribution in [0.3, 0.4) is 0 Å². The molecule has 1 unspecified atom stereocenters. The van der Waals surface area contributed by atoms with E-state index >= 15 is 0 Å². The van der Waals surface area contributed by atoms with Gasteiger partial charge in [-0.15, -0.1) is 0 Å². The third-order valence-electron chi connectivity index (χ3n) is 4.66. The van der Waals surface area contributed by atoms with Crippen molar-refractivity contribution < 1.29 is 17.8 Å². The summed E-state index contributed by atoms with van der Waals surface area (Å²) in [6.45, 7) is 3.62. The predicted octanol–water partition coefficient (Wildman–Crippen LogP) is 1.64. The Morgan fingerprint density at radius 1 is 1.50 bits per heavy atom. The SMILES string of the molecule is CC1(CS(=O)(=O)O)[C@@H]2CC[C@]1(C)C(=O)[C@@H]2Br. The normalized spacial score (nSPS) is 47.6. The van der Waals surface area contributed by atoms with Gasteiger partial charge in [-0.25, -0.2) is 0 Å². The van der Waals surface area contributed by atoms with Crippen molar-refractivity contribution in [3.05, 3.63) is 0 Å². The van der Waals surface area contributed by atoms with Gasteiger partial charge in [0.15, 0.2) is 5.78 Å². The van der Waals surface area contributed by atoms with E-state index in [1.165, 1.54) is 0 Å². The Kier molecular flexibility index (Phi) is 2.58. The number of carbonyl (C=O) groups is 1. The van der Waals surface area contributed by atoms with Crippen molar-refractivity contribution in [2.45, 2.75) is 31.5 Å². The molecule has 1 N–H and O–H groups in total. The molecule has 92 valence electrons. The lowest BCUT2D eigenvalue weighted by Crippen LogP contribution is -2.40. The quantitative estimate of drug-likeness (QED) is 0.622. The summed E-state index contributed by atoms with van der Waals surface area (Å²) in [7, 11) is -4.05. The molecule has 0 aromatic carbocycles. The fraction of sp³-hybridized carbons (Fsp3) is 0.900. The molecule has 2 rings (SSSR count). The molecule has 0 radical (unpaired) electrons. The molecule has 0 aromatic rings. The van der Waals surface area contributed by atoms with Gasteiger partial charge in [0.05, 0.1) is 10.6 Å². The van der Waals surface area contributed by atoms with Crippen molar-refractivity contribution in [3.63, 3.8) is 0 Å². The number of Topliss-reactive ketones (excluding diaryl/α,β-unsaturated/α-hetero) is 1. The van der Waals surface area contributed by atoms with Gasteiger partial charge in [0.2, 0.25) is 0 Å².